The van der Waals surface area contributed by atoms with Crippen LogP contribution in [0.3, 0.4) is 0 Å². The van der Waals surface area contributed by atoms with E-state index in [2.05, 4.69) is 17.1 Å². The molecule has 0 aliphatic carbocycles. The molecule has 27 heavy (non-hydrogen) atoms. The van der Waals surface area contributed by atoms with Gasteiger partial charge in [0.15, 0.2) is 0 Å². The van der Waals surface area contributed by atoms with Crippen molar-refractivity contribution in [2.24, 2.45) is 0 Å². The maximum atomic E-state index is 13.0. The van der Waals surface area contributed by atoms with E-state index in [1.807, 2.05) is 66.7 Å². The molecule has 0 unspecified atom stereocenters. The van der Waals surface area contributed by atoms with Crippen LogP contribution in [0.4, 0.5) is 0 Å². The molecule has 1 aromatic heterocycles. The van der Waals surface area contributed by atoms with Gasteiger partial charge in [0.25, 0.3) is 5.56 Å². The van der Waals surface area contributed by atoms with Crippen molar-refractivity contribution in [3.05, 3.63) is 106 Å². The second-order valence-electron chi connectivity index (χ2n) is 6.04. The summed E-state index contributed by atoms with van der Waals surface area (Å²) in [6.07, 6.45) is 0. The van der Waals surface area contributed by atoms with Crippen molar-refractivity contribution < 1.29 is 4.84 Å². The highest BCUT2D eigenvalue weighted by Gasteiger charge is 2.13. The largest absolute Gasteiger partial charge is 0.403 e. The Bertz CT molecular complexity index is 1100. The van der Waals surface area contributed by atoms with Gasteiger partial charge in [-0.25, -0.2) is 4.98 Å². The van der Waals surface area contributed by atoms with E-state index in [0.29, 0.717) is 28.4 Å². The van der Waals surface area contributed by atoms with Crippen LogP contribution in [0.25, 0.3) is 10.9 Å². The van der Waals surface area contributed by atoms with Gasteiger partial charge < -0.3 is 4.84 Å². The molecule has 5 heteroatoms. The lowest BCUT2D eigenvalue weighted by Gasteiger charge is -2.14. The highest BCUT2D eigenvalue weighted by Crippen LogP contribution is 2.21. The zero-order valence-electron chi connectivity index (χ0n) is 14.6. The molecule has 0 atom stereocenters. The van der Waals surface area contributed by atoms with Crippen LogP contribution in [0.15, 0.2) is 94.9 Å². The topological polar surface area (TPSA) is 44.1 Å². The number of thioether (sulfide) groups is 1. The predicted octanol–water partition coefficient (Wildman–Crippen LogP) is 4.32. The van der Waals surface area contributed by atoms with Crippen molar-refractivity contribution in [2.45, 2.75) is 17.5 Å². The van der Waals surface area contributed by atoms with Crippen LogP contribution < -0.4 is 10.4 Å². The van der Waals surface area contributed by atoms with Gasteiger partial charge in [-0.3, -0.25) is 4.79 Å². The number of benzene rings is 3. The van der Waals surface area contributed by atoms with Crippen LogP contribution in [-0.4, -0.2) is 9.71 Å². The standard InChI is InChI=1S/C22H18N2O2S/c25-21-19-13-7-8-14-20(19)23-22(27-16-18-11-5-2-6-12-18)24(21)26-15-17-9-3-1-4-10-17/h1-14H,15-16H2. The highest BCUT2D eigenvalue weighted by atomic mass is 32.2. The molecule has 0 aliphatic heterocycles. The number of hydrogen-bond acceptors (Lipinski definition) is 4. The Labute approximate surface area is 161 Å². The SMILES string of the molecule is O=c1c2ccccc2nc(SCc2ccccc2)n1OCc1ccccc1. The lowest BCUT2D eigenvalue weighted by Crippen LogP contribution is -2.29. The number of para-hydroxylation sites is 1. The molecular weight excluding hydrogens is 356 g/mol. The molecule has 4 nitrogen and oxygen atoms in total. The molecule has 0 saturated carbocycles. The van der Waals surface area contributed by atoms with Crippen LogP contribution in [-0.2, 0) is 12.4 Å². The van der Waals surface area contributed by atoms with Gasteiger partial charge in [0, 0.05) is 5.75 Å². The maximum absolute atomic E-state index is 13.0. The van der Waals surface area contributed by atoms with Crippen LogP contribution in [0, 0.1) is 0 Å². The van der Waals surface area contributed by atoms with E-state index >= 15 is 0 Å². The number of fused-ring (bicyclic) bond motifs is 1. The summed E-state index contributed by atoms with van der Waals surface area (Å²) in [5.41, 5.74) is 2.65. The molecular formula is C22H18N2O2S. The van der Waals surface area contributed by atoms with E-state index in [0.717, 1.165) is 5.56 Å². The summed E-state index contributed by atoms with van der Waals surface area (Å²) in [6, 6.07) is 27.2. The zero-order valence-corrected chi connectivity index (χ0v) is 15.4. The molecule has 4 rings (SSSR count). The number of aromatic nitrogens is 2. The fourth-order valence-corrected chi connectivity index (χ4v) is 3.64. The number of rotatable bonds is 6. The van der Waals surface area contributed by atoms with Gasteiger partial charge in [-0.15, -0.1) is 4.73 Å². The normalized spacial score (nSPS) is 10.8. The van der Waals surface area contributed by atoms with Crippen molar-refractivity contribution in [2.75, 3.05) is 0 Å². The molecule has 1 heterocycles. The van der Waals surface area contributed by atoms with Gasteiger partial charge >= 0.3 is 0 Å². The third-order valence-corrected chi connectivity index (χ3v) is 5.12. The minimum atomic E-state index is -0.188. The Morgan fingerprint density at radius 2 is 1.44 bits per heavy atom. The summed E-state index contributed by atoms with van der Waals surface area (Å²) in [5, 5.41) is 1.10. The van der Waals surface area contributed by atoms with E-state index < -0.39 is 0 Å². The monoisotopic (exact) mass is 374 g/mol. The third-order valence-electron chi connectivity index (χ3n) is 4.12. The lowest BCUT2D eigenvalue weighted by atomic mass is 10.2. The summed E-state index contributed by atoms with van der Waals surface area (Å²) >= 11 is 1.49. The van der Waals surface area contributed by atoms with Crippen LogP contribution >= 0.6 is 11.8 Å². The average molecular weight is 374 g/mol. The molecule has 0 fully saturated rings. The Kier molecular flexibility index (Phi) is 5.21. The van der Waals surface area contributed by atoms with Crippen LogP contribution in [0.2, 0.25) is 0 Å². The Balaban J connectivity index is 1.67. The minimum Gasteiger partial charge on any atom is -0.403 e. The van der Waals surface area contributed by atoms with Crippen LogP contribution in [0.5, 0.6) is 0 Å². The van der Waals surface area contributed by atoms with E-state index in [1.54, 1.807) is 6.07 Å². The molecule has 3 aromatic carbocycles. The van der Waals surface area contributed by atoms with Crippen molar-refractivity contribution >= 4 is 22.7 Å². The van der Waals surface area contributed by atoms with Gasteiger partial charge in [0.1, 0.15) is 6.61 Å². The smallest absolute Gasteiger partial charge is 0.295 e. The first-order valence-corrected chi connectivity index (χ1v) is 9.65. The molecule has 4 aromatic rings. The summed E-state index contributed by atoms with van der Waals surface area (Å²) in [6.45, 7) is 0.305. The summed E-state index contributed by atoms with van der Waals surface area (Å²) < 4.78 is 1.32. The lowest BCUT2D eigenvalue weighted by molar-refractivity contribution is 0.0682. The van der Waals surface area contributed by atoms with Crippen molar-refractivity contribution in [1.29, 1.82) is 0 Å². The first kappa shape index (κ1) is 17.4. The molecule has 0 aliphatic rings. The average Bonchev–Trinajstić information content (AvgIpc) is 2.73. The molecule has 0 amide bonds. The summed E-state index contributed by atoms with van der Waals surface area (Å²) in [4.78, 5) is 23.5. The number of hydrogen-bond donors (Lipinski definition) is 0. The van der Waals surface area contributed by atoms with Gasteiger partial charge in [-0.05, 0) is 23.3 Å². The molecule has 0 N–H and O–H groups in total. The zero-order chi connectivity index (χ0) is 18.5. The van der Waals surface area contributed by atoms with Gasteiger partial charge in [0.2, 0.25) is 5.16 Å². The molecule has 0 saturated heterocycles. The molecule has 0 radical (unpaired) electrons. The fraction of sp³-hybridized carbons (Fsp3) is 0.0909. The van der Waals surface area contributed by atoms with E-state index in [9.17, 15) is 4.79 Å². The van der Waals surface area contributed by atoms with Gasteiger partial charge in [0.05, 0.1) is 10.9 Å². The Hall–Kier alpha value is -3.05. The van der Waals surface area contributed by atoms with E-state index in [-0.39, 0.29) is 5.56 Å². The van der Waals surface area contributed by atoms with E-state index in [4.69, 9.17) is 4.84 Å². The van der Waals surface area contributed by atoms with Gasteiger partial charge in [-0.1, -0.05) is 84.6 Å². The van der Waals surface area contributed by atoms with Crippen molar-refractivity contribution in [3.63, 3.8) is 0 Å². The maximum Gasteiger partial charge on any atom is 0.295 e. The first-order chi connectivity index (χ1) is 13.3. The number of nitrogens with zero attached hydrogens (tertiary/aromatic N) is 2. The molecule has 134 valence electrons. The third kappa shape index (κ3) is 4.04. The second kappa shape index (κ2) is 8.10. The second-order valence-corrected chi connectivity index (χ2v) is 6.99. The predicted molar refractivity (Wildman–Crippen MR) is 109 cm³/mol. The quantitative estimate of drug-likeness (QED) is 0.372. The van der Waals surface area contributed by atoms with Crippen molar-refractivity contribution in [3.8, 4) is 0 Å². The summed E-state index contributed by atoms with van der Waals surface area (Å²) in [5.74, 6) is 0.709. The van der Waals surface area contributed by atoms with Crippen LogP contribution in [0.1, 0.15) is 11.1 Å². The van der Waals surface area contributed by atoms with Gasteiger partial charge in [-0.2, -0.15) is 0 Å². The van der Waals surface area contributed by atoms with Crippen molar-refractivity contribution in [1.82, 2.24) is 9.71 Å². The fourth-order valence-electron chi connectivity index (χ4n) is 2.74. The Morgan fingerprint density at radius 1 is 0.815 bits per heavy atom. The molecule has 0 bridgehead atoms. The highest BCUT2D eigenvalue weighted by molar-refractivity contribution is 7.98. The minimum absolute atomic E-state index is 0.188. The summed E-state index contributed by atoms with van der Waals surface area (Å²) in [7, 11) is 0. The van der Waals surface area contributed by atoms with E-state index in [1.165, 1.54) is 22.1 Å². The molecule has 0 spiro atoms. The first-order valence-electron chi connectivity index (χ1n) is 8.67. The Morgan fingerprint density at radius 3 is 2.19 bits per heavy atom.